The van der Waals surface area contributed by atoms with Gasteiger partial charge >= 0.3 is 0 Å². The average Bonchev–Trinajstić information content (AvgIpc) is 2.57. The zero-order chi connectivity index (χ0) is 12.8. The molecule has 92 valence electrons. The molecule has 1 aromatic carbocycles. The SMILES string of the molecule is CC(C)(C)C1=Nc2ccc(C(C)(C)C)cc2C1. The van der Waals surface area contributed by atoms with E-state index >= 15 is 0 Å². The predicted octanol–water partition coefficient (Wildman–Crippen LogP) is 4.66. The van der Waals surface area contributed by atoms with Crippen molar-refractivity contribution in [2.75, 3.05) is 0 Å². The Morgan fingerprint density at radius 3 is 2.12 bits per heavy atom. The van der Waals surface area contributed by atoms with Gasteiger partial charge in [-0.1, -0.05) is 53.7 Å². The molecule has 0 unspecified atom stereocenters. The van der Waals surface area contributed by atoms with Crippen molar-refractivity contribution in [2.45, 2.75) is 53.4 Å². The number of aliphatic imine (C=N–C) groups is 1. The van der Waals surface area contributed by atoms with Gasteiger partial charge in [0, 0.05) is 17.5 Å². The lowest BCUT2D eigenvalue weighted by Crippen LogP contribution is -2.20. The van der Waals surface area contributed by atoms with Crippen LogP contribution in [0.25, 0.3) is 0 Å². The number of nitrogens with zero attached hydrogens (tertiary/aromatic N) is 1. The molecule has 0 atom stereocenters. The number of fused-ring (bicyclic) bond motifs is 1. The minimum Gasteiger partial charge on any atom is -0.257 e. The third-order valence-electron chi connectivity index (χ3n) is 3.42. The van der Waals surface area contributed by atoms with E-state index in [2.05, 4.69) is 59.7 Å². The second-order valence-electron chi connectivity index (χ2n) is 7.08. The average molecular weight is 229 g/mol. The molecular weight excluding hydrogens is 206 g/mol. The molecule has 1 aliphatic heterocycles. The van der Waals surface area contributed by atoms with Crippen LogP contribution >= 0.6 is 0 Å². The summed E-state index contributed by atoms with van der Waals surface area (Å²) in [5, 5.41) is 0. The van der Waals surface area contributed by atoms with Crippen LogP contribution in [-0.2, 0) is 11.8 Å². The molecule has 1 aromatic rings. The number of rotatable bonds is 0. The molecule has 1 nitrogen and oxygen atoms in total. The van der Waals surface area contributed by atoms with Gasteiger partial charge in [0.15, 0.2) is 0 Å². The molecule has 0 aromatic heterocycles. The van der Waals surface area contributed by atoms with Crippen molar-refractivity contribution in [1.29, 1.82) is 0 Å². The van der Waals surface area contributed by atoms with Gasteiger partial charge in [-0.3, -0.25) is 4.99 Å². The summed E-state index contributed by atoms with van der Waals surface area (Å²) in [6, 6.07) is 6.72. The number of hydrogen-bond acceptors (Lipinski definition) is 1. The van der Waals surface area contributed by atoms with Gasteiger partial charge in [-0.15, -0.1) is 0 Å². The van der Waals surface area contributed by atoms with Gasteiger partial charge in [-0.2, -0.15) is 0 Å². The highest BCUT2D eigenvalue weighted by Crippen LogP contribution is 2.35. The second kappa shape index (κ2) is 3.69. The van der Waals surface area contributed by atoms with Crippen LogP contribution in [0.3, 0.4) is 0 Å². The lowest BCUT2D eigenvalue weighted by atomic mass is 9.84. The molecular formula is C16H23N. The standard InChI is InChI=1S/C16H23N/c1-15(2,3)12-7-8-13-11(9-12)10-14(17-13)16(4,5)6/h7-9H,10H2,1-6H3. The Hall–Kier alpha value is -1.11. The van der Waals surface area contributed by atoms with E-state index in [1.165, 1.54) is 22.5 Å². The van der Waals surface area contributed by atoms with Crippen LogP contribution < -0.4 is 0 Å². The van der Waals surface area contributed by atoms with E-state index in [9.17, 15) is 0 Å². The van der Waals surface area contributed by atoms with Gasteiger partial charge in [-0.05, 0) is 22.6 Å². The van der Waals surface area contributed by atoms with Crippen LogP contribution in [0, 0.1) is 5.41 Å². The lowest BCUT2D eigenvalue weighted by molar-refractivity contribution is 0.583. The molecule has 0 N–H and O–H groups in total. The summed E-state index contributed by atoms with van der Waals surface area (Å²) < 4.78 is 0. The van der Waals surface area contributed by atoms with E-state index in [-0.39, 0.29) is 10.8 Å². The van der Waals surface area contributed by atoms with Gasteiger partial charge in [0.2, 0.25) is 0 Å². The molecule has 0 fully saturated rings. The third kappa shape index (κ3) is 2.43. The van der Waals surface area contributed by atoms with Crippen LogP contribution in [0.5, 0.6) is 0 Å². The van der Waals surface area contributed by atoms with Crippen molar-refractivity contribution in [1.82, 2.24) is 0 Å². The molecule has 1 heterocycles. The quantitative estimate of drug-likeness (QED) is 0.613. The molecule has 0 spiro atoms. The fourth-order valence-corrected chi connectivity index (χ4v) is 2.10. The zero-order valence-electron chi connectivity index (χ0n) is 11.9. The Bertz CT molecular complexity index is 467. The van der Waals surface area contributed by atoms with E-state index in [0.29, 0.717) is 0 Å². The Morgan fingerprint density at radius 1 is 0.941 bits per heavy atom. The fourth-order valence-electron chi connectivity index (χ4n) is 2.10. The van der Waals surface area contributed by atoms with Gasteiger partial charge in [0.1, 0.15) is 0 Å². The normalized spacial score (nSPS) is 15.8. The molecule has 0 amide bonds. The Labute approximate surface area is 105 Å². The van der Waals surface area contributed by atoms with Crippen LogP contribution in [-0.4, -0.2) is 5.71 Å². The first kappa shape index (κ1) is 12.3. The van der Waals surface area contributed by atoms with Crippen molar-refractivity contribution in [3.05, 3.63) is 29.3 Å². The smallest absolute Gasteiger partial charge is 0.0665 e. The van der Waals surface area contributed by atoms with Crippen LogP contribution in [0.15, 0.2) is 23.2 Å². The van der Waals surface area contributed by atoms with Crippen molar-refractivity contribution in [3.63, 3.8) is 0 Å². The highest BCUT2D eigenvalue weighted by molar-refractivity contribution is 5.97. The topological polar surface area (TPSA) is 12.4 Å². The Morgan fingerprint density at radius 2 is 1.59 bits per heavy atom. The second-order valence-corrected chi connectivity index (χ2v) is 7.08. The Balaban J connectivity index is 2.35. The molecule has 0 saturated carbocycles. The maximum atomic E-state index is 4.76. The monoisotopic (exact) mass is 229 g/mol. The predicted molar refractivity (Wildman–Crippen MR) is 75.4 cm³/mol. The number of benzene rings is 1. The van der Waals surface area contributed by atoms with Gasteiger partial charge in [0.05, 0.1) is 5.69 Å². The largest absolute Gasteiger partial charge is 0.257 e. The molecule has 1 aliphatic rings. The molecule has 2 rings (SSSR count). The zero-order valence-corrected chi connectivity index (χ0v) is 11.9. The number of hydrogen-bond donors (Lipinski definition) is 0. The molecule has 0 bridgehead atoms. The first-order valence-corrected chi connectivity index (χ1v) is 6.39. The maximum Gasteiger partial charge on any atom is 0.0665 e. The van der Waals surface area contributed by atoms with Crippen molar-refractivity contribution >= 4 is 11.4 Å². The summed E-state index contributed by atoms with van der Waals surface area (Å²) >= 11 is 0. The maximum absolute atomic E-state index is 4.76. The third-order valence-corrected chi connectivity index (χ3v) is 3.42. The molecule has 0 saturated heterocycles. The van der Waals surface area contributed by atoms with E-state index in [4.69, 9.17) is 4.99 Å². The summed E-state index contributed by atoms with van der Waals surface area (Å²) in [4.78, 5) is 4.76. The minimum absolute atomic E-state index is 0.181. The van der Waals surface area contributed by atoms with Gasteiger partial charge in [-0.25, -0.2) is 0 Å². The molecule has 1 heteroatoms. The first-order chi connectivity index (χ1) is 7.68. The van der Waals surface area contributed by atoms with E-state index in [0.717, 1.165) is 6.42 Å². The first-order valence-electron chi connectivity index (χ1n) is 6.39. The van der Waals surface area contributed by atoms with Crippen LogP contribution in [0.4, 0.5) is 5.69 Å². The van der Waals surface area contributed by atoms with Crippen molar-refractivity contribution in [2.24, 2.45) is 10.4 Å². The van der Waals surface area contributed by atoms with E-state index in [1.807, 2.05) is 0 Å². The van der Waals surface area contributed by atoms with Gasteiger partial charge in [0.25, 0.3) is 0 Å². The molecule has 0 aliphatic carbocycles. The summed E-state index contributed by atoms with van der Waals surface area (Å²) in [6.45, 7) is 13.5. The van der Waals surface area contributed by atoms with Crippen molar-refractivity contribution < 1.29 is 0 Å². The molecule has 0 radical (unpaired) electrons. The van der Waals surface area contributed by atoms with E-state index < -0.39 is 0 Å². The molecule has 17 heavy (non-hydrogen) atoms. The Kier molecular flexibility index (Phi) is 2.68. The van der Waals surface area contributed by atoms with Crippen LogP contribution in [0.2, 0.25) is 0 Å². The minimum atomic E-state index is 0.181. The fraction of sp³-hybridized carbons (Fsp3) is 0.562. The lowest BCUT2D eigenvalue weighted by Gasteiger charge is -2.20. The summed E-state index contributed by atoms with van der Waals surface area (Å²) in [5.41, 5.74) is 5.67. The summed E-state index contributed by atoms with van der Waals surface area (Å²) in [7, 11) is 0. The van der Waals surface area contributed by atoms with Crippen LogP contribution in [0.1, 0.15) is 52.7 Å². The van der Waals surface area contributed by atoms with Crippen molar-refractivity contribution in [3.8, 4) is 0 Å². The summed E-state index contributed by atoms with van der Waals surface area (Å²) in [5.74, 6) is 0. The highest BCUT2D eigenvalue weighted by atomic mass is 14.8. The van der Waals surface area contributed by atoms with E-state index in [1.54, 1.807) is 0 Å². The summed E-state index contributed by atoms with van der Waals surface area (Å²) in [6.07, 6.45) is 1.02. The van der Waals surface area contributed by atoms with Gasteiger partial charge < -0.3 is 0 Å². The highest BCUT2D eigenvalue weighted by Gasteiger charge is 2.26.